The van der Waals surface area contributed by atoms with Crippen molar-refractivity contribution in [2.24, 2.45) is 0 Å². The lowest BCUT2D eigenvalue weighted by Gasteiger charge is -2.20. The summed E-state index contributed by atoms with van der Waals surface area (Å²) in [5.74, 6) is 0.602. The van der Waals surface area contributed by atoms with Gasteiger partial charge in [-0.25, -0.2) is 9.97 Å². The number of furan rings is 2. The number of hydrogen-bond acceptors (Lipinski definition) is 4. The summed E-state index contributed by atoms with van der Waals surface area (Å²) >= 11 is 0. The van der Waals surface area contributed by atoms with Crippen LogP contribution >= 0.6 is 0 Å². The minimum Gasteiger partial charge on any atom is -0.455 e. The Morgan fingerprint density at radius 2 is 0.767 bits per heavy atom. The molecule has 0 atom stereocenters. The monoisotopic (exact) mass is 766 g/mol. The van der Waals surface area contributed by atoms with E-state index in [1.54, 1.807) is 0 Å². The maximum Gasteiger partial charge on any atom is 0.161 e. The second kappa shape index (κ2) is 13.8. The molecule has 3 heterocycles. The molecular formula is C56H34N2O2. The Morgan fingerprint density at radius 3 is 1.40 bits per heavy atom. The number of benzene rings is 9. The van der Waals surface area contributed by atoms with Gasteiger partial charge in [0.1, 0.15) is 22.3 Å². The highest BCUT2D eigenvalue weighted by molar-refractivity contribution is 6.12. The first-order chi connectivity index (χ1) is 29.7. The molecule has 0 N–H and O–H groups in total. The molecule has 60 heavy (non-hydrogen) atoms. The normalized spacial score (nSPS) is 11.7. The van der Waals surface area contributed by atoms with Gasteiger partial charge in [0.2, 0.25) is 0 Å². The highest BCUT2D eigenvalue weighted by Gasteiger charge is 2.24. The lowest BCUT2D eigenvalue weighted by Crippen LogP contribution is -2.01. The van der Waals surface area contributed by atoms with Crippen LogP contribution in [0, 0.1) is 0 Å². The third-order valence-corrected chi connectivity index (χ3v) is 11.7. The maximum atomic E-state index is 6.66. The summed E-state index contributed by atoms with van der Waals surface area (Å²) in [4.78, 5) is 11.2. The average molecular weight is 767 g/mol. The van der Waals surface area contributed by atoms with E-state index >= 15 is 0 Å². The van der Waals surface area contributed by atoms with Gasteiger partial charge in [-0.3, -0.25) is 0 Å². The van der Waals surface area contributed by atoms with Crippen molar-refractivity contribution in [3.05, 3.63) is 206 Å². The highest BCUT2D eigenvalue weighted by atomic mass is 16.3. The molecule has 0 bridgehead atoms. The molecule has 0 amide bonds. The zero-order valence-corrected chi connectivity index (χ0v) is 32.3. The number of fused-ring (bicyclic) bond motifs is 7. The molecule has 0 spiro atoms. The molecule has 0 aliphatic carbocycles. The van der Waals surface area contributed by atoms with E-state index in [4.69, 9.17) is 18.8 Å². The van der Waals surface area contributed by atoms with Gasteiger partial charge in [0.25, 0.3) is 0 Å². The van der Waals surface area contributed by atoms with Crippen LogP contribution < -0.4 is 0 Å². The first kappa shape index (κ1) is 34.0. The number of rotatable bonds is 6. The van der Waals surface area contributed by atoms with Crippen LogP contribution in [0.4, 0.5) is 0 Å². The summed E-state index contributed by atoms with van der Waals surface area (Å²) in [5.41, 5.74) is 14.0. The van der Waals surface area contributed by atoms with Crippen LogP contribution in [-0.2, 0) is 0 Å². The fraction of sp³-hybridized carbons (Fsp3) is 0. The lowest BCUT2D eigenvalue weighted by molar-refractivity contribution is 0.669. The van der Waals surface area contributed by atoms with Gasteiger partial charge >= 0.3 is 0 Å². The van der Waals surface area contributed by atoms with Crippen molar-refractivity contribution >= 4 is 54.6 Å². The predicted molar refractivity (Wildman–Crippen MR) is 247 cm³/mol. The molecule has 0 fully saturated rings. The van der Waals surface area contributed by atoms with Gasteiger partial charge in [-0.2, -0.15) is 0 Å². The maximum absolute atomic E-state index is 6.66. The Labute approximate surface area is 345 Å². The summed E-state index contributed by atoms with van der Waals surface area (Å²) in [7, 11) is 0. The molecule has 0 saturated heterocycles. The first-order valence-corrected chi connectivity index (χ1v) is 20.2. The van der Waals surface area contributed by atoms with E-state index in [0.717, 1.165) is 116 Å². The predicted octanol–water partition coefficient (Wildman–Crippen LogP) is 15.4. The number of hydrogen-bond donors (Lipinski definition) is 0. The van der Waals surface area contributed by atoms with Crippen LogP contribution in [0.5, 0.6) is 0 Å². The fourth-order valence-corrected chi connectivity index (χ4v) is 8.93. The summed E-state index contributed by atoms with van der Waals surface area (Å²) in [5, 5.41) is 6.53. The second-order valence-corrected chi connectivity index (χ2v) is 15.2. The molecule has 4 heteroatoms. The first-order valence-electron chi connectivity index (χ1n) is 20.2. The van der Waals surface area contributed by atoms with Gasteiger partial charge in [0.15, 0.2) is 5.82 Å². The Bertz CT molecular complexity index is 3460. The van der Waals surface area contributed by atoms with Crippen LogP contribution in [0.15, 0.2) is 215 Å². The topological polar surface area (TPSA) is 52.1 Å². The van der Waals surface area contributed by atoms with Gasteiger partial charge in [-0.1, -0.05) is 164 Å². The van der Waals surface area contributed by atoms with Gasteiger partial charge in [-0.05, 0) is 86.6 Å². The molecular weight excluding hydrogens is 733 g/mol. The molecule has 0 radical (unpaired) electrons. The number of para-hydroxylation sites is 4. The van der Waals surface area contributed by atoms with Gasteiger partial charge in [0, 0.05) is 38.2 Å². The van der Waals surface area contributed by atoms with E-state index in [1.165, 1.54) is 0 Å². The zero-order chi connectivity index (χ0) is 39.6. The lowest BCUT2D eigenvalue weighted by atomic mass is 9.85. The van der Waals surface area contributed by atoms with Crippen LogP contribution in [-0.4, -0.2) is 9.97 Å². The molecule has 0 unspecified atom stereocenters. The fourth-order valence-electron chi connectivity index (χ4n) is 8.93. The van der Waals surface area contributed by atoms with Gasteiger partial charge < -0.3 is 8.83 Å². The van der Waals surface area contributed by atoms with Crippen LogP contribution in [0.25, 0.3) is 122 Å². The summed E-state index contributed by atoms with van der Waals surface area (Å²) in [6, 6.07) is 72.1. The minimum absolute atomic E-state index is 0.602. The summed E-state index contributed by atoms with van der Waals surface area (Å²) in [6.07, 6.45) is 0. The molecule has 9 aromatic carbocycles. The van der Waals surface area contributed by atoms with Crippen molar-refractivity contribution in [2.45, 2.75) is 0 Å². The third kappa shape index (κ3) is 5.53. The second-order valence-electron chi connectivity index (χ2n) is 15.2. The SMILES string of the molecule is c1ccc(-c2cc(-c3ccccc3)c(-c3nc(-c4cccc5c4oc4ccccc45)cc(-c4cccc5c4oc4ccccc45)n3)c(-c3cccc4ccccc34)c2)cc1. The van der Waals surface area contributed by atoms with Crippen LogP contribution in [0.1, 0.15) is 0 Å². The highest BCUT2D eigenvalue weighted by Crippen LogP contribution is 2.46. The Hall–Kier alpha value is -8.08. The van der Waals surface area contributed by atoms with Crippen molar-refractivity contribution in [2.75, 3.05) is 0 Å². The van der Waals surface area contributed by atoms with Crippen molar-refractivity contribution < 1.29 is 8.83 Å². The van der Waals surface area contributed by atoms with Crippen molar-refractivity contribution in [1.29, 1.82) is 0 Å². The molecule has 12 rings (SSSR count). The van der Waals surface area contributed by atoms with E-state index in [9.17, 15) is 0 Å². The average Bonchev–Trinajstić information content (AvgIpc) is 3.90. The Morgan fingerprint density at radius 1 is 0.300 bits per heavy atom. The Balaban J connectivity index is 1.22. The third-order valence-electron chi connectivity index (χ3n) is 11.7. The minimum atomic E-state index is 0.602. The molecule has 280 valence electrons. The van der Waals surface area contributed by atoms with Crippen LogP contribution in [0.3, 0.4) is 0 Å². The number of aromatic nitrogens is 2. The number of nitrogens with zero attached hydrogens (tertiary/aromatic N) is 2. The van der Waals surface area contributed by atoms with Crippen LogP contribution in [0.2, 0.25) is 0 Å². The van der Waals surface area contributed by atoms with Gasteiger partial charge in [0.05, 0.1) is 11.4 Å². The van der Waals surface area contributed by atoms with Crippen molar-refractivity contribution in [3.63, 3.8) is 0 Å². The molecule has 4 nitrogen and oxygen atoms in total. The molecule has 0 aliphatic heterocycles. The van der Waals surface area contributed by atoms with E-state index in [2.05, 4.69) is 182 Å². The largest absolute Gasteiger partial charge is 0.455 e. The Kier molecular flexibility index (Phi) is 7.82. The van der Waals surface area contributed by atoms with Crippen molar-refractivity contribution in [1.82, 2.24) is 9.97 Å². The molecule has 12 aromatic rings. The van der Waals surface area contributed by atoms with Crippen molar-refractivity contribution in [3.8, 4) is 67.3 Å². The van der Waals surface area contributed by atoms with E-state index in [0.29, 0.717) is 5.82 Å². The standard InChI is InChI=1S/C56H34N2O2/c1-3-16-35(17-4-1)38-32-47(37-18-5-2-6-19-37)53(48(33-38)40-25-13-21-36-20-7-8-22-39(36)40)56-57-49(45-28-14-26-43-41-23-9-11-30-51(41)59-54(43)45)34-50(58-56)46-29-15-27-44-42-24-10-12-31-52(42)60-55(44)46/h1-34H. The smallest absolute Gasteiger partial charge is 0.161 e. The molecule has 3 aromatic heterocycles. The molecule has 0 aliphatic rings. The van der Waals surface area contributed by atoms with E-state index < -0.39 is 0 Å². The molecule has 0 saturated carbocycles. The van der Waals surface area contributed by atoms with Gasteiger partial charge in [-0.15, -0.1) is 0 Å². The quantitative estimate of drug-likeness (QED) is 0.169. The summed E-state index contributed by atoms with van der Waals surface area (Å²) in [6.45, 7) is 0. The summed E-state index contributed by atoms with van der Waals surface area (Å²) < 4.78 is 13.3. The van der Waals surface area contributed by atoms with E-state index in [1.807, 2.05) is 24.3 Å². The zero-order valence-electron chi connectivity index (χ0n) is 32.3. The van der Waals surface area contributed by atoms with E-state index in [-0.39, 0.29) is 0 Å².